The normalized spacial score (nSPS) is 20.1. The molecule has 114 valence electrons. The standard InChI is InChI=1S/C16H21N2O2.BrH/c1-2-18(10-6-3-7-11-18)12-17-15(19)13-8-4-5-9-14(13)16(17)20;/h4-5,8-9H,2-3,6-7,10-12H2,1H3;1H/q+1;. The molecule has 0 N–H and O–H groups in total. The van der Waals surface area contributed by atoms with E-state index in [4.69, 9.17) is 0 Å². The Morgan fingerprint density at radius 1 is 1.00 bits per heavy atom. The number of likely N-dealkylation sites (tertiary alicyclic amines) is 1. The first-order chi connectivity index (χ1) is 9.67. The number of rotatable bonds is 3. The molecule has 2 aliphatic rings. The quantitative estimate of drug-likeness (QED) is 0.618. The first-order valence-corrected chi connectivity index (χ1v) is 7.47. The zero-order chi connectivity index (χ0) is 14.2. The fourth-order valence-electron chi connectivity index (χ4n) is 3.41. The van der Waals surface area contributed by atoms with Gasteiger partial charge in [0.05, 0.1) is 30.8 Å². The lowest BCUT2D eigenvalue weighted by molar-refractivity contribution is -0.937. The number of piperidine rings is 1. The van der Waals surface area contributed by atoms with Crippen LogP contribution in [0, 0.1) is 0 Å². The molecular weight excluding hydrogens is 332 g/mol. The maximum absolute atomic E-state index is 12.4. The Bertz CT molecular complexity index is 518. The molecule has 0 aromatic heterocycles. The van der Waals surface area contributed by atoms with Crippen LogP contribution in [0.15, 0.2) is 24.3 Å². The molecule has 0 atom stereocenters. The Kier molecular flexibility index (Phi) is 4.84. The van der Waals surface area contributed by atoms with Crippen LogP contribution >= 0.6 is 17.0 Å². The van der Waals surface area contributed by atoms with E-state index >= 15 is 0 Å². The smallest absolute Gasteiger partial charge is 0.265 e. The Hall–Kier alpha value is -1.20. The fraction of sp³-hybridized carbons (Fsp3) is 0.500. The molecule has 21 heavy (non-hydrogen) atoms. The number of quaternary nitrogens is 1. The van der Waals surface area contributed by atoms with Crippen LogP contribution in [0.2, 0.25) is 0 Å². The summed E-state index contributed by atoms with van der Waals surface area (Å²) in [5, 5.41) is 0. The highest BCUT2D eigenvalue weighted by molar-refractivity contribution is 8.93. The van der Waals surface area contributed by atoms with Crippen molar-refractivity contribution in [1.82, 2.24) is 4.90 Å². The number of fused-ring (bicyclic) bond motifs is 1. The minimum Gasteiger partial charge on any atom is -0.306 e. The molecule has 2 amide bonds. The van der Waals surface area contributed by atoms with Crippen molar-refractivity contribution in [1.29, 1.82) is 0 Å². The van der Waals surface area contributed by atoms with E-state index < -0.39 is 0 Å². The minimum absolute atomic E-state index is 0. The molecule has 1 fully saturated rings. The van der Waals surface area contributed by atoms with Crippen LogP contribution in [-0.4, -0.2) is 47.5 Å². The molecule has 0 bridgehead atoms. The van der Waals surface area contributed by atoms with Crippen molar-refractivity contribution in [2.24, 2.45) is 0 Å². The Morgan fingerprint density at radius 3 is 2.00 bits per heavy atom. The van der Waals surface area contributed by atoms with Gasteiger partial charge in [-0.05, 0) is 38.3 Å². The van der Waals surface area contributed by atoms with Crippen LogP contribution in [0.1, 0.15) is 46.9 Å². The zero-order valence-electron chi connectivity index (χ0n) is 12.4. The predicted molar refractivity (Wildman–Crippen MR) is 86.5 cm³/mol. The molecule has 2 heterocycles. The average Bonchev–Trinajstić information content (AvgIpc) is 2.74. The molecule has 0 saturated carbocycles. The van der Waals surface area contributed by atoms with Gasteiger partial charge in [0.1, 0.15) is 0 Å². The summed E-state index contributed by atoms with van der Waals surface area (Å²) in [6, 6.07) is 7.14. The van der Waals surface area contributed by atoms with Gasteiger partial charge < -0.3 is 4.48 Å². The number of hydrogen-bond donors (Lipinski definition) is 0. The van der Waals surface area contributed by atoms with E-state index in [1.165, 1.54) is 24.2 Å². The molecule has 4 nitrogen and oxygen atoms in total. The van der Waals surface area contributed by atoms with E-state index in [0.717, 1.165) is 24.1 Å². The van der Waals surface area contributed by atoms with Crippen molar-refractivity contribution in [2.45, 2.75) is 26.2 Å². The first kappa shape index (κ1) is 16.2. The van der Waals surface area contributed by atoms with E-state index in [-0.39, 0.29) is 28.8 Å². The number of hydrogen-bond acceptors (Lipinski definition) is 2. The van der Waals surface area contributed by atoms with Crippen LogP contribution in [0.4, 0.5) is 0 Å². The minimum atomic E-state index is -0.123. The van der Waals surface area contributed by atoms with Gasteiger partial charge in [-0.15, -0.1) is 17.0 Å². The van der Waals surface area contributed by atoms with E-state index in [9.17, 15) is 9.59 Å². The van der Waals surface area contributed by atoms with E-state index in [0.29, 0.717) is 17.8 Å². The first-order valence-electron chi connectivity index (χ1n) is 7.47. The Labute approximate surface area is 136 Å². The average molecular weight is 354 g/mol. The van der Waals surface area contributed by atoms with Gasteiger partial charge in [0.25, 0.3) is 11.8 Å². The van der Waals surface area contributed by atoms with Gasteiger partial charge in [-0.25, -0.2) is 4.90 Å². The molecular formula is C16H22BrN2O2+. The predicted octanol–water partition coefficient (Wildman–Crippen LogP) is 2.84. The van der Waals surface area contributed by atoms with Crippen LogP contribution in [-0.2, 0) is 0 Å². The van der Waals surface area contributed by atoms with Gasteiger partial charge in [-0.2, -0.15) is 0 Å². The molecule has 2 aliphatic heterocycles. The second-order valence-corrected chi connectivity index (χ2v) is 5.89. The van der Waals surface area contributed by atoms with Gasteiger partial charge >= 0.3 is 0 Å². The van der Waals surface area contributed by atoms with Crippen molar-refractivity contribution in [3.63, 3.8) is 0 Å². The number of carbonyl (C=O) groups excluding carboxylic acids is 2. The molecule has 0 spiro atoms. The molecule has 0 radical (unpaired) electrons. The highest BCUT2D eigenvalue weighted by Gasteiger charge is 2.41. The lowest BCUT2D eigenvalue weighted by Crippen LogP contribution is -2.57. The second-order valence-electron chi connectivity index (χ2n) is 5.89. The van der Waals surface area contributed by atoms with Gasteiger partial charge in [-0.1, -0.05) is 12.1 Å². The highest BCUT2D eigenvalue weighted by atomic mass is 79.9. The van der Waals surface area contributed by atoms with Crippen molar-refractivity contribution in [2.75, 3.05) is 26.3 Å². The highest BCUT2D eigenvalue weighted by Crippen LogP contribution is 2.26. The number of nitrogens with zero attached hydrogens (tertiary/aromatic N) is 2. The summed E-state index contributed by atoms with van der Waals surface area (Å²) < 4.78 is 0.867. The summed E-state index contributed by atoms with van der Waals surface area (Å²) in [6.07, 6.45) is 3.65. The van der Waals surface area contributed by atoms with Gasteiger partial charge in [0, 0.05) is 0 Å². The van der Waals surface area contributed by atoms with Crippen LogP contribution in [0.25, 0.3) is 0 Å². The molecule has 0 aliphatic carbocycles. The topological polar surface area (TPSA) is 37.4 Å². The van der Waals surface area contributed by atoms with E-state index in [1.54, 1.807) is 12.1 Å². The Balaban J connectivity index is 0.00000161. The number of benzene rings is 1. The Morgan fingerprint density at radius 2 is 1.52 bits per heavy atom. The van der Waals surface area contributed by atoms with Gasteiger partial charge in [-0.3, -0.25) is 9.59 Å². The fourth-order valence-corrected chi connectivity index (χ4v) is 3.41. The maximum Gasteiger partial charge on any atom is 0.265 e. The van der Waals surface area contributed by atoms with Crippen molar-refractivity contribution >= 4 is 28.8 Å². The van der Waals surface area contributed by atoms with Gasteiger partial charge in [0.2, 0.25) is 0 Å². The van der Waals surface area contributed by atoms with Crippen molar-refractivity contribution in [3.05, 3.63) is 35.4 Å². The number of imide groups is 1. The van der Waals surface area contributed by atoms with Crippen LogP contribution < -0.4 is 0 Å². The lowest BCUT2D eigenvalue weighted by Gasteiger charge is -2.42. The van der Waals surface area contributed by atoms with Crippen LogP contribution in [0.3, 0.4) is 0 Å². The van der Waals surface area contributed by atoms with Gasteiger partial charge in [0.15, 0.2) is 6.67 Å². The third-order valence-corrected chi connectivity index (χ3v) is 4.76. The number of amides is 2. The maximum atomic E-state index is 12.4. The summed E-state index contributed by atoms with van der Waals surface area (Å²) in [6.45, 7) is 5.81. The third kappa shape index (κ3) is 2.77. The molecule has 1 saturated heterocycles. The summed E-state index contributed by atoms with van der Waals surface area (Å²) in [5.74, 6) is -0.246. The number of halogens is 1. The summed E-state index contributed by atoms with van der Waals surface area (Å²) in [7, 11) is 0. The van der Waals surface area contributed by atoms with Crippen molar-refractivity contribution < 1.29 is 14.1 Å². The third-order valence-electron chi connectivity index (χ3n) is 4.76. The summed E-state index contributed by atoms with van der Waals surface area (Å²) in [5.41, 5.74) is 1.12. The molecule has 0 unspecified atom stereocenters. The molecule has 1 aromatic rings. The van der Waals surface area contributed by atoms with E-state index in [2.05, 4.69) is 6.92 Å². The monoisotopic (exact) mass is 353 g/mol. The number of carbonyl (C=O) groups is 2. The van der Waals surface area contributed by atoms with E-state index in [1.807, 2.05) is 12.1 Å². The van der Waals surface area contributed by atoms with Crippen molar-refractivity contribution in [3.8, 4) is 0 Å². The largest absolute Gasteiger partial charge is 0.306 e. The molecule has 1 aromatic carbocycles. The lowest BCUT2D eigenvalue weighted by atomic mass is 10.1. The summed E-state index contributed by atoms with van der Waals surface area (Å²) >= 11 is 0. The zero-order valence-corrected chi connectivity index (χ0v) is 14.1. The second kappa shape index (κ2) is 6.28. The van der Waals surface area contributed by atoms with Crippen LogP contribution in [0.5, 0.6) is 0 Å². The summed E-state index contributed by atoms with van der Waals surface area (Å²) in [4.78, 5) is 26.3. The molecule has 5 heteroatoms. The SMILES string of the molecule is Br.CC[N+]1(CN2C(=O)c3ccccc3C2=O)CCCCC1. The molecule has 3 rings (SSSR count).